The van der Waals surface area contributed by atoms with Gasteiger partial charge in [0, 0.05) is 12.3 Å². The van der Waals surface area contributed by atoms with Gasteiger partial charge in [-0.2, -0.15) is 5.06 Å². The molecular weight excluding hydrogens is 324 g/mol. The van der Waals surface area contributed by atoms with Crippen LogP contribution < -0.4 is 4.84 Å². The molecule has 1 aromatic heterocycles. The Labute approximate surface area is 150 Å². The molecule has 5 heteroatoms. The lowest BCUT2D eigenvalue weighted by molar-refractivity contribution is -0.153. The molecule has 1 aromatic rings. The number of nitrogens with zero attached hydrogens (tertiary/aromatic N) is 2. The Morgan fingerprint density at radius 3 is 2.83 bits per heavy atom. The number of unbranched alkanes of at least 4 members (excludes halogenated alkanes) is 3. The second-order valence-electron chi connectivity index (χ2n) is 5.96. The Balaban J connectivity index is 2.63. The smallest absolute Gasteiger partial charge is 0.279 e. The van der Waals surface area contributed by atoms with E-state index in [2.05, 4.69) is 18.0 Å². The van der Waals surface area contributed by atoms with E-state index in [1.807, 2.05) is 19.9 Å². The summed E-state index contributed by atoms with van der Waals surface area (Å²) >= 11 is 6.04. The summed E-state index contributed by atoms with van der Waals surface area (Å²) in [5.74, 6) is 0.259. The van der Waals surface area contributed by atoms with E-state index in [0.29, 0.717) is 11.6 Å². The van der Waals surface area contributed by atoms with Gasteiger partial charge in [0.2, 0.25) is 0 Å². The molecule has 0 unspecified atom stereocenters. The summed E-state index contributed by atoms with van der Waals surface area (Å²) in [6.45, 7) is 6.66. The molecule has 0 aromatic carbocycles. The summed E-state index contributed by atoms with van der Waals surface area (Å²) in [5, 5.41) is 1.67. The van der Waals surface area contributed by atoms with Gasteiger partial charge in [-0.3, -0.25) is 4.79 Å². The van der Waals surface area contributed by atoms with Crippen LogP contribution in [0.2, 0.25) is 5.02 Å². The highest BCUT2D eigenvalue weighted by Gasteiger charge is 2.16. The summed E-state index contributed by atoms with van der Waals surface area (Å²) in [7, 11) is 0. The van der Waals surface area contributed by atoms with E-state index in [4.69, 9.17) is 16.4 Å². The molecule has 24 heavy (non-hydrogen) atoms. The first kappa shape index (κ1) is 20.2. The highest BCUT2D eigenvalue weighted by atomic mass is 35.5. The Morgan fingerprint density at radius 1 is 1.38 bits per heavy atom. The highest BCUT2D eigenvalue weighted by Crippen LogP contribution is 2.21. The molecule has 1 amide bonds. The van der Waals surface area contributed by atoms with Crippen LogP contribution in [0.15, 0.2) is 42.6 Å². The molecule has 0 radical (unpaired) electrons. The first-order valence-electron chi connectivity index (χ1n) is 8.47. The molecule has 1 rings (SSSR count). The average molecular weight is 351 g/mol. The molecule has 132 valence electrons. The molecule has 0 atom stereocenters. The minimum Gasteiger partial charge on any atom is -0.355 e. The Hall–Kier alpha value is -1.81. The van der Waals surface area contributed by atoms with Gasteiger partial charge < -0.3 is 4.84 Å². The molecule has 0 spiro atoms. The SMILES string of the molecule is CCCCC/C=C/C=C/C(=O)N(CC(C)C)Oc1ncccc1Cl. The van der Waals surface area contributed by atoms with Crippen LogP contribution in [0, 0.1) is 5.92 Å². The van der Waals surface area contributed by atoms with E-state index in [1.165, 1.54) is 30.4 Å². The Bertz CT molecular complexity index is 556. The van der Waals surface area contributed by atoms with Crippen molar-refractivity contribution in [3.63, 3.8) is 0 Å². The minimum absolute atomic E-state index is 0.233. The average Bonchev–Trinajstić information content (AvgIpc) is 2.54. The zero-order chi connectivity index (χ0) is 17.8. The van der Waals surface area contributed by atoms with Crippen molar-refractivity contribution in [2.45, 2.75) is 46.5 Å². The van der Waals surface area contributed by atoms with Crippen LogP contribution in [-0.2, 0) is 4.79 Å². The number of hydroxylamine groups is 2. The monoisotopic (exact) mass is 350 g/mol. The molecule has 0 aliphatic heterocycles. The van der Waals surface area contributed by atoms with Gasteiger partial charge in [-0.25, -0.2) is 4.98 Å². The van der Waals surface area contributed by atoms with Crippen molar-refractivity contribution in [1.82, 2.24) is 10.0 Å². The van der Waals surface area contributed by atoms with Crippen molar-refractivity contribution >= 4 is 17.5 Å². The van der Waals surface area contributed by atoms with Crippen LogP contribution in [-0.4, -0.2) is 22.5 Å². The third kappa shape index (κ3) is 8.16. The third-order valence-electron chi connectivity index (χ3n) is 3.16. The fourth-order valence-electron chi connectivity index (χ4n) is 1.95. The van der Waals surface area contributed by atoms with Gasteiger partial charge in [0.05, 0.1) is 6.54 Å². The Morgan fingerprint density at radius 2 is 2.17 bits per heavy atom. The van der Waals surface area contributed by atoms with Crippen LogP contribution in [0.1, 0.15) is 46.5 Å². The molecule has 1 heterocycles. The number of amides is 1. The lowest BCUT2D eigenvalue weighted by atomic mass is 10.2. The minimum atomic E-state index is -0.233. The summed E-state index contributed by atoms with van der Waals surface area (Å²) < 4.78 is 0. The molecule has 0 bridgehead atoms. The standard InChI is InChI=1S/C19H27ClN2O2/c1-4-5-6-7-8-9-10-13-18(23)22(15-16(2)3)24-19-17(20)12-11-14-21-19/h8-14,16H,4-7,15H2,1-3H3/b9-8+,13-10+. The number of pyridine rings is 1. The Kier molecular flexibility index (Phi) is 9.85. The second-order valence-corrected chi connectivity index (χ2v) is 6.37. The molecule has 0 saturated heterocycles. The lowest BCUT2D eigenvalue weighted by Gasteiger charge is -2.22. The normalized spacial score (nSPS) is 11.5. The van der Waals surface area contributed by atoms with E-state index in [1.54, 1.807) is 24.4 Å². The van der Waals surface area contributed by atoms with Crippen molar-refractivity contribution < 1.29 is 9.63 Å². The van der Waals surface area contributed by atoms with E-state index in [0.717, 1.165) is 6.42 Å². The summed E-state index contributed by atoms with van der Waals surface area (Å²) in [4.78, 5) is 22.0. The van der Waals surface area contributed by atoms with Gasteiger partial charge in [-0.05, 0) is 30.9 Å². The predicted octanol–water partition coefficient (Wildman–Crippen LogP) is 5.21. The quantitative estimate of drug-likeness (QED) is 0.252. The van der Waals surface area contributed by atoms with Crippen molar-refractivity contribution in [3.8, 4) is 5.88 Å². The summed E-state index contributed by atoms with van der Waals surface area (Å²) in [6, 6.07) is 3.39. The van der Waals surface area contributed by atoms with Gasteiger partial charge >= 0.3 is 0 Å². The fraction of sp³-hybridized carbons (Fsp3) is 0.474. The molecular formula is C19H27ClN2O2. The first-order valence-corrected chi connectivity index (χ1v) is 8.85. The van der Waals surface area contributed by atoms with E-state index >= 15 is 0 Å². The largest absolute Gasteiger partial charge is 0.355 e. The van der Waals surface area contributed by atoms with Crippen LogP contribution in [0.5, 0.6) is 5.88 Å². The van der Waals surface area contributed by atoms with Gasteiger partial charge in [0.25, 0.3) is 11.8 Å². The zero-order valence-corrected chi connectivity index (χ0v) is 15.5. The second kappa shape index (κ2) is 11.7. The first-order chi connectivity index (χ1) is 11.5. The highest BCUT2D eigenvalue weighted by molar-refractivity contribution is 6.31. The van der Waals surface area contributed by atoms with Gasteiger partial charge in [0.1, 0.15) is 5.02 Å². The van der Waals surface area contributed by atoms with Gasteiger partial charge in [-0.1, -0.05) is 63.4 Å². The maximum atomic E-state index is 12.3. The van der Waals surface area contributed by atoms with Crippen LogP contribution in [0.25, 0.3) is 0 Å². The number of hydrogen-bond donors (Lipinski definition) is 0. The number of aromatic nitrogens is 1. The molecule has 0 aliphatic rings. The lowest BCUT2D eigenvalue weighted by Crippen LogP contribution is -2.36. The topological polar surface area (TPSA) is 42.4 Å². The molecule has 0 saturated carbocycles. The van der Waals surface area contributed by atoms with Crippen molar-refractivity contribution in [1.29, 1.82) is 0 Å². The summed E-state index contributed by atoms with van der Waals surface area (Å²) in [5.41, 5.74) is 0. The van der Waals surface area contributed by atoms with Crippen LogP contribution in [0.4, 0.5) is 0 Å². The molecule has 0 fully saturated rings. The van der Waals surface area contributed by atoms with Crippen LogP contribution in [0.3, 0.4) is 0 Å². The van der Waals surface area contributed by atoms with E-state index in [-0.39, 0.29) is 17.7 Å². The van der Waals surface area contributed by atoms with Gasteiger partial charge in [0.15, 0.2) is 0 Å². The number of carbonyl (C=O) groups is 1. The van der Waals surface area contributed by atoms with E-state index in [9.17, 15) is 4.79 Å². The number of halogens is 1. The number of rotatable bonds is 10. The van der Waals surface area contributed by atoms with Crippen molar-refractivity contribution in [2.75, 3.05) is 6.54 Å². The van der Waals surface area contributed by atoms with Crippen LogP contribution >= 0.6 is 11.6 Å². The van der Waals surface area contributed by atoms with E-state index < -0.39 is 0 Å². The number of hydrogen-bond acceptors (Lipinski definition) is 3. The summed E-state index contributed by atoms with van der Waals surface area (Å²) in [6.07, 6.45) is 13.4. The van der Waals surface area contributed by atoms with Gasteiger partial charge in [-0.15, -0.1) is 0 Å². The molecule has 0 aliphatic carbocycles. The molecule has 4 nitrogen and oxygen atoms in total. The number of carbonyl (C=O) groups excluding carboxylic acids is 1. The number of allylic oxidation sites excluding steroid dienone is 3. The van der Waals surface area contributed by atoms with Crippen molar-refractivity contribution in [3.05, 3.63) is 47.7 Å². The maximum absolute atomic E-state index is 12.3. The van der Waals surface area contributed by atoms with Crippen molar-refractivity contribution in [2.24, 2.45) is 5.92 Å². The fourth-order valence-corrected chi connectivity index (χ4v) is 2.11. The maximum Gasteiger partial charge on any atom is 0.279 e. The zero-order valence-electron chi connectivity index (χ0n) is 14.7. The third-order valence-corrected chi connectivity index (χ3v) is 3.45. The molecule has 0 N–H and O–H groups in total. The predicted molar refractivity (Wildman–Crippen MR) is 98.8 cm³/mol.